The molecule has 0 amide bonds. The minimum absolute atomic E-state index is 0.000644. The minimum Gasteiger partial charge on any atom is -0.403 e. The van der Waals surface area contributed by atoms with Gasteiger partial charge in [0.1, 0.15) is 5.60 Å². The molecule has 3 aromatic carbocycles. The van der Waals surface area contributed by atoms with Gasteiger partial charge in [0.05, 0.1) is 0 Å². The highest BCUT2D eigenvalue weighted by Gasteiger charge is 2.52. The summed E-state index contributed by atoms with van der Waals surface area (Å²) in [6.45, 7) is 20.2. The van der Waals surface area contributed by atoms with Crippen LogP contribution in [0.15, 0.2) is 78.9 Å². The van der Waals surface area contributed by atoms with Gasteiger partial charge in [0.2, 0.25) is 9.76 Å². The lowest BCUT2D eigenvalue weighted by Crippen LogP contribution is -2.56. The van der Waals surface area contributed by atoms with Crippen molar-refractivity contribution in [2.75, 3.05) is 0 Å². The molecule has 210 valence electrons. The van der Waals surface area contributed by atoms with Crippen LogP contribution in [0.25, 0.3) is 0 Å². The van der Waals surface area contributed by atoms with Gasteiger partial charge in [-0.2, -0.15) is 0 Å². The SMILES string of the molecule is CC(C)C(C(O[Si]C(C)(C)C)(c1ccccc1)c1ccccc1)[C@@](C)(N)c1ccc(CCC(C)(C)C)c(Cl)c1. The average molecular weight is 562 g/mol. The Bertz CT molecular complexity index is 1150. The summed E-state index contributed by atoms with van der Waals surface area (Å²) >= 11 is 6.93. The Morgan fingerprint density at radius 3 is 1.69 bits per heavy atom. The summed E-state index contributed by atoms with van der Waals surface area (Å²) < 4.78 is 7.24. The van der Waals surface area contributed by atoms with Gasteiger partial charge in [0, 0.05) is 16.5 Å². The van der Waals surface area contributed by atoms with Crippen LogP contribution in [0.3, 0.4) is 0 Å². The van der Waals surface area contributed by atoms with Crippen molar-refractivity contribution in [3.8, 4) is 0 Å². The van der Waals surface area contributed by atoms with Crippen LogP contribution in [0.2, 0.25) is 10.1 Å². The maximum atomic E-state index is 7.51. The van der Waals surface area contributed by atoms with Crippen LogP contribution >= 0.6 is 11.6 Å². The lowest BCUT2D eigenvalue weighted by Gasteiger charge is -2.51. The van der Waals surface area contributed by atoms with Gasteiger partial charge < -0.3 is 10.2 Å². The summed E-state index contributed by atoms with van der Waals surface area (Å²) in [6.07, 6.45) is 2.03. The minimum atomic E-state index is -0.761. The van der Waals surface area contributed by atoms with Crippen molar-refractivity contribution >= 4 is 21.4 Å². The summed E-state index contributed by atoms with van der Waals surface area (Å²) in [4.78, 5) is 0. The first-order valence-electron chi connectivity index (χ1n) is 14.2. The van der Waals surface area contributed by atoms with Crippen molar-refractivity contribution in [3.63, 3.8) is 0 Å². The number of hydrogen-bond acceptors (Lipinski definition) is 2. The Kier molecular flexibility index (Phi) is 9.97. The smallest absolute Gasteiger partial charge is 0.237 e. The van der Waals surface area contributed by atoms with Gasteiger partial charge >= 0.3 is 0 Å². The maximum absolute atomic E-state index is 7.51. The van der Waals surface area contributed by atoms with Crippen LogP contribution in [0, 0.1) is 17.3 Å². The van der Waals surface area contributed by atoms with Gasteiger partial charge in [-0.05, 0) is 64.5 Å². The summed E-state index contributed by atoms with van der Waals surface area (Å²) in [5.74, 6) is 0.102. The second-order valence-corrected chi connectivity index (χ2v) is 16.1. The molecular weight excluding hydrogens is 514 g/mol. The molecule has 1 unspecified atom stereocenters. The van der Waals surface area contributed by atoms with Crippen molar-refractivity contribution < 1.29 is 4.43 Å². The van der Waals surface area contributed by atoms with Crippen LogP contribution < -0.4 is 5.73 Å². The summed E-state index contributed by atoms with van der Waals surface area (Å²) in [5.41, 5.74) is 10.7. The van der Waals surface area contributed by atoms with Crippen LogP contribution in [0.1, 0.15) is 91.0 Å². The van der Waals surface area contributed by atoms with Crippen molar-refractivity contribution in [3.05, 3.63) is 106 Å². The summed E-state index contributed by atoms with van der Waals surface area (Å²) in [6, 6.07) is 27.7. The molecule has 2 N–H and O–H groups in total. The van der Waals surface area contributed by atoms with E-state index in [9.17, 15) is 0 Å². The topological polar surface area (TPSA) is 35.2 Å². The molecule has 3 rings (SSSR count). The molecule has 0 saturated heterocycles. The molecule has 0 saturated carbocycles. The quantitative estimate of drug-likeness (QED) is 0.250. The second kappa shape index (κ2) is 12.3. The molecule has 2 nitrogen and oxygen atoms in total. The molecule has 0 aliphatic heterocycles. The van der Waals surface area contributed by atoms with Gasteiger partial charge in [-0.15, -0.1) is 0 Å². The maximum Gasteiger partial charge on any atom is 0.237 e. The third-order valence-electron chi connectivity index (χ3n) is 7.49. The van der Waals surface area contributed by atoms with E-state index in [0.717, 1.165) is 34.6 Å². The first-order chi connectivity index (χ1) is 18.1. The van der Waals surface area contributed by atoms with E-state index in [1.165, 1.54) is 5.56 Å². The Morgan fingerprint density at radius 1 is 0.769 bits per heavy atom. The molecule has 2 radical (unpaired) electrons. The lowest BCUT2D eigenvalue weighted by atomic mass is 9.61. The van der Waals surface area contributed by atoms with E-state index in [1.54, 1.807) is 0 Å². The number of aryl methyl sites for hydroxylation is 1. The zero-order valence-electron chi connectivity index (χ0n) is 25.4. The largest absolute Gasteiger partial charge is 0.403 e. The zero-order valence-corrected chi connectivity index (χ0v) is 27.2. The Hall–Kier alpha value is -1.91. The number of rotatable bonds is 10. The standard InChI is InChI=1S/C35H48ClNOSi/c1-25(2)31(34(9,37)29-21-20-26(30(36)24-29)22-23-32(3,4)5)35(38-39-33(6,7)8,27-16-12-10-13-17-27)28-18-14-11-15-19-28/h10-21,24-25,31H,22-23,37H2,1-9H3/t31?,34-/m0/s1. The van der Waals surface area contributed by atoms with Gasteiger partial charge in [0.15, 0.2) is 0 Å². The van der Waals surface area contributed by atoms with E-state index in [1.807, 2.05) is 0 Å². The predicted octanol–water partition coefficient (Wildman–Crippen LogP) is 9.56. The molecule has 39 heavy (non-hydrogen) atoms. The first-order valence-corrected chi connectivity index (χ1v) is 15.5. The molecule has 0 bridgehead atoms. The van der Waals surface area contributed by atoms with E-state index >= 15 is 0 Å². The molecule has 0 heterocycles. The Morgan fingerprint density at radius 2 is 1.28 bits per heavy atom. The predicted molar refractivity (Wildman–Crippen MR) is 169 cm³/mol. The van der Waals surface area contributed by atoms with Crippen molar-refractivity contribution in [2.45, 2.75) is 91.3 Å². The Labute approximate surface area is 245 Å². The van der Waals surface area contributed by atoms with E-state index < -0.39 is 11.1 Å². The van der Waals surface area contributed by atoms with E-state index in [-0.39, 0.29) is 32.1 Å². The number of benzene rings is 3. The van der Waals surface area contributed by atoms with Gasteiger partial charge in [-0.3, -0.25) is 0 Å². The molecule has 0 spiro atoms. The summed E-state index contributed by atoms with van der Waals surface area (Å²) in [7, 11) is 0.275. The average Bonchev–Trinajstić information content (AvgIpc) is 2.85. The van der Waals surface area contributed by atoms with Crippen molar-refractivity contribution in [1.29, 1.82) is 0 Å². The summed E-state index contributed by atoms with van der Waals surface area (Å²) in [5, 5.41) is 0.790. The number of nitrogens with two attached hydrogens (primary N) is 1. The molecule has 0 aliphatic rings. The fourth-order valence-electron chi connectivity index (χ4n) is 5.67. The van der Waals surface area contributed by atoms with Crippen molar-refractivity contribution in [1.82, 2.24) is 0 Å². The highest BCUT2D eigenvalue weighted by Crippen LogP contribution is 2.51. The monoisotopic (exact) mass is 561 g/mol. The molecular formula is C35H48ClNOSi. The normalized spacial score (nSPS) is 15.3. The second-order valence-electron chi connectivity index (χ2n) is 13.8. The van der Waals surface area contributed by atoms with Crippen LogP contribution in [0.4, 0.5) is 0 Å². The van der Waals surface area contributed by atoms with Crippen LogP contribution in [-0.4, -0.2) is 9.76 Å². The van der Waals surface area contributed by atoms with E-state index in [0.29, 0.717) is 0 Å². The molecule has 2 atom stereocenters. The third-order valence-corrected chi connectivity index (χ3v) is 8.88. The van der Waals surface area contributed by atoms with Crippen LogP contribution in [0.5, 0.6) is 0 Å². The van der Waals surface area contributed by atoms with Gasteiger partial charge in [-0.25, -0.2) is 0 Å². The first kappa shape index (κ1) is 31.6. The molecule has 4 heteroatoms. The van der Waals surface area contributed by atoms with Gasteiger partial charge in [0.25, 0.3) is 0 Å². The number of halogens is 1. The molecule has 0 fully saturated rings. The zero-order chi connectivity index (χ0) is 29.1. The molecule has 3 aromatic rings. The van der Waals surface area contributed by atoms with E-state index in [4.69, 9.17) is 21.8 Å². The molecule has 0 aliphatic carbocycles. The third kappa shape index (κ3) is 7.64. The van der Waals surface area contributed by atoms with Crippen molar-refractivity contribution in [2.24, 2.45) is 23.0 Å². The highest BCUT2D eigenvalue weighted by atomic mass is 35.5. The van der Waals surface area contributed by atoms with Gasteiger partial charge in [-0.1, -0.05) is 140 Å². The lowest BCUT2D eigenvalue weighted by molar-refractivity contribution is -0.0216. The Balaban J connectivity index is 2.24. The fourth-order valence-corrected chi connectivity index (χ4v) is 6.78. The number of hydrogen-bond donors (Lipinski definition) is 1. The fraction of sp³-hybridized carbons (Fsp3) is 0.486. The van der Waals surface area contributed by atoms with E-state index in [2.05, 4.69) is 141 Å². The highest BCUT2D eigenvalue weighted by molar-refractivity contribution is 6.32. The molecule has 0 aromatic heterocycles. The van der Waals surface area contributed by atoms with Crippen LogP contribution in [-0.2, 0) is 22.0 Å².